The number of carboxylic acids is 1. The normalized spacial score (nSPS) is 11.7. The van der Waals surface area contributed by atoms with Gasteiger partial charge in [0.1, 0.15) is 5.01 Å². The van der Waals surface area contributed by atoms with Crippen LogP contribution < -0.4 is 0 Å². The minimum Gasteiger partial charge on any atom is -0.481 e. The molecule has 0 unspecified atom stereocenters. The Balaban J connectivity index is 2.99. The summed E-state index contributed by atoms with van der Waals surface area (Å²) >= 11 is 0.758. The predicted octanol–water partition coefficient (Wildman–Crippen LogP) is 2.10. The van der Waals surface area contributed by atoms with Crippen LogP contribution in [-0.2, 0) is 17.4 Å². The molecule has 1 aromatic heterocycles. The first-order chi connectivity index (χ1) is 6.30. The van der Waals surface area contributed by atoms with E-state index in [0.29, 0.717) is 0 Å². The third kappa shape index (κ3) is 2.44. The molecule has 1 rings (SSSR count). The fourth-order valence-electron chi connectivity index (χ4n) is 0.919. The molecule has 0 saturated carbocycles. The van der Waals surface area contributed by atoms with E-state index in [1.54, 1.807) is 0 Å². The van der Waals surface area contributed by atoms with Crippen molar-refractivity contribution in [3.63, 3.8) is 0 Å². The summed E-state index contributed by atoms with van der Waals surface area (Å²) in [6, 6.07) is 0. The standard InChI is InChI=1S/C7H6F3NO2S/c1-3-6(7(8,9)10)11-4(14-3)2-5(12)13/h2H2,1H3,(H,12,13). The lowest BCUT2D eigenvalue weighted by molar-refractivity contribution is -0.142. The van der Waals surface area contributed by atoms with Gasteiger partial charge in [-0.3, -0.25) is 4.79 Å². The Hall–Kier alpha value is -1.11. The topological polar surface area (TPSA) is 50.2 Å². The van der Waals surface area contributed by atoms with Gasteiger partial charge in [-0.15, -0.1) is 11.3 Å². The molecule has 0 spiro atoms. The maximum atomic E-state index is 12.2. The fourth-order valence-corrected chi connectivity index (χ4v) is 1.86. The molecule has 7 heteroatoms. The lowest BCUT2D eigenvalue weighted by atomic mass is 10.4. The number of nitrogens with zero attached hydrogens (tertiary/aromatic N) is 1. The van der Waals surface area contributed by atoms with Crippen molar-refractivity contribution in [2.45, 2.75) is 19.5 Å². The first kappa shape index (κ1) is 11.0. The van der Waals surface area contributed by atoms with Crippen molar-refractivity contribution in [2.75, 3.05) is 0 Å². The monoisotopic (exact) mass is 225 g/mol. The van der Waals surface area contributed by atoms with E-state index >= 15 is 0 Å². The lowest BCUT2D eigenvalue weighted by Crippen LogP contribution is -2.08. The molecular formula is C7H6F3NO2S. The summed E-state index contributed by atoms with van der Waals surface area (Å²) in [6.45, 7) is 1.27. The van der Waals surface area contributed by atoms with E-state index in [0.717, 1.165) is 11.3 Å². The van der Waals surface area contributed by atoms with Crippen molar-refractivity contribution in [3.8, 4) is 0 Å². The molecular weight excluding hydrogens is 219 g/mol. The largest absolute Gasteiger partial charge is 0.481 e. The molecule has 0 radical (unpaired) electrons. The van der Waals surface area contributed by atoms with Crippen LogP contribution >= 0.6 is 11.3 Å². The molecule has 0 aliphatic heterocycles. The van der Waals surface area contributed by atoms with Crippen molar-refractivity contribution in [2.24, 2.45) is 0 Å². The highest BCUT2D eigenvalue weighted by atomic mass is 32.1. The van der Waals surface area contributed by atoms with Crippen LogP contribution in [0.4, 0.5) is 13.2 Å². The van der Waals surface area contributed by atoms with Crippen LogP contribution in [0.15, 0.2) is 0 Å². The highest BCUT2D eigenvalue weighted by Crippen LogP contribution is 2.33. The average Bonchev–Trinajstić information content (AvgIpc) is 2.27. The Morgan fingerprint density at radius 3 is 2.50 bits per heavy atom. The molecule has 1 N–H and O–H groups in total. The number of aromatic nitrogens is 1. The molecule has 78 valence electrons. The number of hydrogen-bond donors (Lipinski definition) is 1. The second-order valence-electron chi connectivity index (χ2n) is 2.58. The maximum absolute atomic E-state index is 12.2. The van der Waals surface area contributed by atoms with Gasteiger partial charge in [0.15, 0.2) is 5.69 Å². The zero-order valence-corrected chi connectivity index (χ0v) is 7.87. The quantitative estimate of drug-likeness (QED) is 0.838. The molecule has 0 saturated heterocycles. The van der Waals surface area contributed by atoms with E-state index in [4.69, 9.17) is 5.11 Å². The molecule has 14 heavy (non-hydrogen) atoms. The van der Waals surface area contributed by atoms with Crippen LogP contribution in [0.1, 0.15) is 15.6 Å². The maximum Gasteiger partial charge on any atom is 0.434 e. The van der Waals surface area contributed by atoms with Crippen LogP contribution in [0.25, 0.3) is 0 Å². The number of carboxylic acid groups (broad SMARTS) is 1. The van der Waals surface area contributed by atoms with Gasteiger partial charge in [-0.2, -0.15) is 13.2 Å². The van der Waals surface area contributed by atoms with Gasteiger partial charge < -0.3 is 5.11 Å². The number of aliphatic carboxylic acids is 1. The zero-order chi connectivity index (χ0) is 10.9. The number of thiazole rings is 1. The van der Waals surface area contributed by atoms with Gasteiger partial charge in [0.25, 0.3) is 0 Å². The van der Waals surface area contributed by atoms with E-state index in [-0.39, 0.29) is 9.88 Å². The molecule has 0 bridgehead atoms. The van der Waals surface area contributed by atoms with Gasteiger partial charge in [0, 0.05) is 4.88 Å². The third-order valence-corrected chi connectivity index (χ3v) is 2.38. The summed E-state index contributed by atoms with van der Waals surface area (Å²) in [5, 5.41) is 8.33. The smallest absolute Gasteiger partial charge is 0.434 e. The van der Waals surface area contributed by atoms with Crippen LogP contribution in [0.2, 0.25) is 0 Å². The van der Waals surface area contributed by atoms with Crippen molar-refractivity contribution in [1.82, 2.24) is 4.98 Å². The summed E-state index contributed by atoms with van der Waals surface area (Å²) in [6.07, 6.45) is -4.97. The highest BCUT2D eigenvalue weighted by Gasteiger charge is 2.36. The summed E-state index contributed by atoms with van der Waals surface area (Å²) < 4.78 is 36.6. The number of aryl methyl sites for hydroxylation is 1. The Kier molecular flexibility index (Phi) is 2.79. The highest BCUT2D eigenvalue weighted by molar-refractivity contribution is 7.11. The van der Waals surface area contributed by atoms with E-state index in [1.807, 2.05) is 0 Å². The predicted molar refractivity (Wildman–Crippen MR) is 43.2 cm³/mol. The molecule has 1 aromatic rings. The van der Waals surface area contributed by atoms with Crippen LogP contribution in [0.3, 0.4) is 0 Å². The number of halogens is 3. The van der Waals surface area contributed by atoms with Gasteiger partial charge in [-0.25, -0.2) is 4.98 Å². The molecule has 0 fully saturated rings. The van der Waals surface area contributed by atoms with Gasteiger partial charge in [-0.1, -0.05) is 0 Å². The van der Waals surface area contributed by atoms with Gasteiger partial charge in [-0.05, 0) is 6.92 Å². The van der Waals surface area contributed by atoms with E-state index in [9.17, 15) is 18.0 Å². The SMILES string of the molecule is Cc1sc(CC(=O)O)nc1C(F)(F)F. The minimum absolute atomic E-state index is 0.00579. The number of alkyl halides is 3. The molecule has 0 aromatic carbocycles. The van der Waals surface area contributed by atoms with Crippen molar-refractivity contribution in [1.29, 1.82) is 0 Å². The Morgan fingerprint density at radius 1 is 1.57 bits per heavy atom. The molecule has 0 amide bonds. The van der Waals surface area contributed by atoms with Crippen LogP contribution in [0, 0.1) is 6.92 Å². The van der Waals surface area contributed by atoms with Crippen LogP contribution in [-0.4, -0.2) is 16.1 Å². The number of carbonyl (C=O) groups is 1. The summed E-state index contributed by atoms with van der Waals surface area (Å²) in [5.41, 5.74) is -0.987. The second-order valence-corrected chi connectivity index (χ2v) is 3.87. The van der Waals surface area contributed by atoms with E-state index < -0.39 is 24.3 Å². The Bertz CT molecular complexity index is 358. The summed E-state index contributed by atoms with van der Waals surface area (Å²) in [7, 11) is 0. The number of hydrogen-bond acceptors (Lipinski definition) is 3. The minimum atomic E-state index is -4.50. The van der Waals surface area contributed by atoms with Crippen LogP contribution in [0.5, 0.6) is 0 Å². The first-order valence-corrected chi connectivity index (χ1v) is 4.37. The van der Waals surface area contributed by atoms with E-state index in [2.05, 4.69) is 4.98 Å². The van der Waals surface area contributed by atoms with Crippen molar-refractivity contribution >= 4 is 17.3 Å². The molecule has 0 aliphatic carbocycles. The Morgan fingerprint density at radius 2 is 2.14 bits per heavy atom. The van der Waals surface area contributed by atoms with Crippen molar-refractivity contribution in [3.05, 3.63) is 15.6 Å². The van der Waals surface area contributed by atoms with Gasteiger partial charge in [0.05, 0.1) is 6.42 Å². The zero-order valence-electron chi connectivity index (χ0n) is 7.05. The second kappa shape index (κ2) is 3.56. The molecule has 3 nitrogen and oxygen atoms in total. The van der Waals surface area contributed by atoms with Gasteiger partial charge in [0.2, 0.25) is 0 Å². The summed E-state index contributed by atoms with van der Waals surface area (Å²) in [4.78, 5) is 13.5. The van der Waals surface area contributed by atoms with Gasteiger partial charge >= 0.3 is 12.1 Å². The fraction of sp³-hybridized carbons (Fsp3) is 0.429. The molecule has 0 aliphatic rings. The molecule has 0 atom stereocenters. The van der Waals surface area contributed by atoms with E-state index in [1.165, 1.54) is 6.92 Å². The number of rotatable bonds is 2. The third-order valence-electron chi connectivity index (χ3n) is 1.41. The molecule has 1 heterocycles. The first-order valence-electron chi connectivity index (χ1n) is 3.56. The van der Waals surface area contributed by atoms with Crippen molar-refractivity contribution < 1.29 is 23.1 Å². The summed E-state index contributed by atoms with van der Waals surface area (Å²) in [5.74, 6) is -1.19. The Labute approximate surface area is 81.2 Å². The average molecular weight is 225 g/mol. The lowest BCUT2D eigenvalue weighted by Gasteiger charge is -2.01.